The van der Waals surface area contributed by atoms with E-state index in [1.165, 1.54) is 27.7 Å². The molecular formula is C35H34F3N2O7+. The number of halogens is 3. The first kappa shape index (κ1) is 32.1. The predicted octanol–water partition coefficient (Wildman–Crippen LogP) is 5.69. The number of hydrogen-bond acceptors (Lipinski definition) is 7. The Bertz CT molecular complexity index is 1990. The smallest absolute Gasteiger partial charge is 0.339 e. The molecule has 1 unspecified atom stereocenters. The van der Waals surface area contributed by atoms with E-state index in [9.17, 15) is 19.5 Å². The molecule has 2 fully saturated rings. The number of carboxylic acids is 1. The zero-order valence-corrected chi connectivity index (χ0v) is 26.4. The van der Waals surface area contributed by atoms with Crippen LogP contribution in [0, 0.1) is 17.5 Å². The lowest BCUT2D eigenvalue weighted by Crippen LogP contribution is -2.40. The number of carbonyl (C=O) groups excluding carboxylic acids is 2. The van der Waals surface area contributed by atoms with Crippen molar-refractivity contribution in [2.75, 3.05) is 37.7 Å². The summed E-state index contributed by atoms with van der Waals surface area (Å²) in [6.07, 6.45) is 2.00. The monoisotopic (exact) mass is 651 g/mol. The van der Waals surface area contributed by atoms with Crippen LogP contribution < -0.4 is 14.8 Å². The second kappa shape index (κ2) is 12.1. The van der Waals surface area contributed by atoms with Crippen LogP contribution in [0.3, 0.4) is 0 Å². The Morgan fingerprint density at radius 2 is 1.68 bits per heavy atom. The van der Waals surface area contributed by atoms with Crippen LogP contribution in [-0.4, -0.2) is 61.4 Å². The number of nitrogens with zero attached hydrogens (tertiary/aromatic N) is 2. The lowest BCUT2D eigenvalue weighted by molar-refractivity contribution is -0.164. The summed E-state index contributed by atoms with van der Waals surface area (Å²) in [6, 6.07) is 10.2. The van der Waals surface area contributed by atoms with Crippen LogP contribution in [0.5, 0.6) is 0 Å². The zero-order chi connectivity index (χ0) is 33.8. The van der Waals surface area contributed by atoms with Crippen LogP contribution in [0.4, 0.5) is 18.9 Å². The fourth-order valence-electron chi connectivity index (χ4n) is 5.96. The lowest BCUT2D eigenvalue weighted by atomic mass is 9.85. The molecule has 12 heteroatoms. The number of aromatic carboxylic acids is 1. The number of ether oxygens (including phenoxy) is 2. The normalized spacial score (nSPS) is 15.3. The Balaban J connectivity index is 1.72. The van der Waals surface area contributed by atoms with E-state index in [1.807, 2.05) is 0 Å². The minimum Gasteiger partial charge on any atom is -0.478 e. The standard InChI is InChI=1S/C35H33F3N2O7/c1-5-45-33(43)28(34(44)47-35(2,3)4)26-29(36)25(27(32(41)42)31(38)30(26)37)24-20-10-8-18(39-12-6-13-39)16-22(20)46-23-17-19(9-11-21(23)24)40-14-7-15-40/h8-11,16-17,28H,5-7,12-15H2,1-4H3/p+1. The molecule has 1 aliphatic carbocycles. The van der Waals surface area contributed by atoms with E-state index < -0.39 is 63.6 Å². The molecule has 0 aromatic heterocycles. The minimum absolute atomic E-state index is 0.103. The molecular weight excluding hydrogens is 617 g/mol. The highest BCUT2D eigenvalue weighted by Crippen LogP contribution is 2.46. The first-order valence-electron chi connectivity index (χ1n) is 15.5. The molecule has 2 saturated heterocycles. The average Bonchev–Trinajstić information content (AvgIpc) is 2.93. The molecule has 1 N–H and O–H groups in total. The van der Waals surface area contributed by atoms with Crippen molar-refractivity contribution < 1.29 is 46.6 Å². The van der Waals surface area contributed by atoms with Gasteiger partial charge in [0, 0.05) is 53.0 Å². The average molecular weight is 652 g/mol. The molecule has 3 heterocycles. The molecule has 1 atom stereocenters. The quantitative estimate of drug-likeness (QED) is 0.0893. The number of benzene rings is 3. The topological polar surface area (TPSA) is 109 Å². The summed E-state index contributed by atoms with van der Waals surface area (Å²) in [5, 5.41) is 11.2. The van der Waals surface area contributed by atoms with Crippen molar-refractivity contribution in [2.24, 2.45) is 0 Å². The lowest BCUT2D eigenvalue weighted by Gasteiger charge is -2.33. The van der Waals surface area contributed by atoms with Crippen LogP contribution in [0.15, 0.2) is 40.8 Å². The van der Waals surface area contributed by atoms with Crippen LogP contribution >= 0.6 is 0 Å². The van der Waals surface area contributed by atoms with Gasteiger partial charge >= 0.3 is 17.9 Å². The van der Waals surface area contributed by atoms with Gasteiger partial charge in [-0.2, -0.15) is 0 Å². The van der Waals surface area contributed by atoms with Gasteiger partial charge < -0.3 is 23.9 Å². The maximum absolute atomic E-state index is 17.1. The fourth-order valence-corrected chi connectivity index (χ4v) is 5.96. The summed E-state index contributed by atoms with van der Waals surface area (Å²) < 4.78 is 67.8. The molecule has 6 rings (SSSR count). The maximum atomic E-state index is 17.1. The van der Waals surface area contributed by atoms with Gasteiger partial charge in [-0.15, -0.1) is 0 Å². The van der Waals surface area contributed by atoms with E-state index in [2.05, 4.69) is 9.48 Å². The number of rotatable bonds is 7. The number of fused-ring (bicyclic) bond motifs is 2. The van der Waals surface area contributed by atoms with Gasteiger partial charge in [-0.3, -0.25) is 9.59 Å². The second-order valence-electron chi connectivity index (χ2n) is 12.6. The first-order valence-corrected chi connectivity index (χ1v) is 15.5. The van der Waals surface area contributed by atoms with Gasteiger partial charge in [-0.1, -0.05) is 0 Å². The van der Waals surface area contributed by atoms with Crippen molar-refractivity contribution in [3.8, 4) is 22.5 Å². The summed E-state index contributed by atoms with van der Waals surface area (Å²) in [4.78, 5) is 41.2. The second-order valence-corrected chi connectivity index (χ2v) is 12.6. The molecule has 0 saturated carbocycles. The Labute approximate surface area is 268 Å². The highest BCUT2D eigenvalue weighted by Gasteiger charge is 2.43. The van der Waals surface area contributed by atoms with Gasteiger partial charge in [0.25, 0.3) is 0 Å². The third-order valence-corrected chi connectivity index (χ3v) is 8.40. The zero-order valence-electron chi connectivity index (χ0n) is 26.4. The Morgan fingerprint density at radius 3 is 2.26 bits per heavy atom. The maximum Gasteiger partial charge on any atom is 0.339 e. The van der Waals surface area contributed by atoms with Gasteiger partial charge in [0.15, 0.2) is 17.6 Å². The number of carbonyl (C=O) groups is 3. The van der Waals surface area contributed by atoms with E-state index in [1.54, 1.807) is 36.4 Å². The van der Waals surface area contributed by atoms with E-state index in [0.29, 0.717) is 0 Å². The Morgan fingerprint density at radius 1 is 0.957 bits per heavy atom. The first-order chi connectivity index (χ1) is 22.3. The van der Waals surface area contributed by atoms with Crippen LogP contribution in [0.2, 0.25) is 0 Å². The third-order valence-electron chi connectivity index (χ3n) is 8.40. The number of anilines is 1. The van der Waals surface area contributed by atoms with Crippen LogP contribution in [0.1, 0.15) is 62.4 Å². The largest absolute Gasteiger partial charge is 0.478 e. The van der Waals surface area contributed by atoms with Gasteiger partial charge in [-0.05, 0) is 52.3 Å². The summed E-state index contributed by atoms with van der Waals surface area (Å²) in [5.74, 6) is -12.5. The van der Waals surface area contributed by atoms with Crippen molar-refractivity contribution in [2.45, 2.75) is 52.1 Å². The molecule has 2 aromatic carbocycles. The molecule has 0 spiro atoms. The SMILES string of the molecule is CCOC(=O)C(C(=O)OC(C)(C)C)c1c(F)c(F)c(C(=O)O)c(-c2c3ccc(=[N+]4CCC4)cc-3oc3cc(N4CCC4)ccc23)c1F. The minimum atomic E-state index is -2.40. The Hall–Kier alpha value is -4.87. The van der Waals surface area contributed by atoms with E-state index >= 15 is 13.2 Å². The van der Waals surface area contributed by atoms with Crippen molar-refractivity contribution in [3.05, 3.63) is 70.3 Å². The third kappa shape index (κ3) is 5.70. The van der Waals surface area contributed by atoms with Gasteiger partial charge in [0.1, 0.15) is 41.4 Å². The van der Waals surface area contributed by atoms with E-state index in [-0.39, 0.29) is 34.5 Å². The van der Waals surface area contributed by atoms with Crippen molar-refractivity contribution in [3.63, 3.8) is 0 Å². The molecule has 4 aliphatic rings. The molecule has 0 radical (unpaired) electrons. The number of carboxylic acid groups (broad SMARTS) is 1. The summed E-state index contributed by atoms with van der Waals surface area (Å²) in [7, 11) is 0. The van der Waals surface area contributed by atoms with Crippen LogP contribution in [-0.2, 0) is 19.1 Å². The van der Waals surface area contributed by atoms with Gasteiger partial charge in [-0.25, -0.2) is 22.5 Å². The summed E-state index contributed by atoms with van der Waals surface area (Å²) >= 11 is 0. The van der Waals surface area contributed by atoms with E-state index in [0.717, 1.165) is 50.1 Å². The molecule has 3 aliphatic heterocycles. The highest BCUT2D eigenvalue weighted by molar-refractivity contribution is 6.09. The summed E-state index contributed by atoms with van der Waals surface area (Å²) in [5.41, 5.74) is -3.50. The molecule has 47 heavy (non-hydrogen) atoms. The number of esters is 2. The Kier molecular flexibility index (Phi) is 8.23. The fraction of sp³-hybridized carbons (Fsp3) is 0.371. The molecule has 0 amide bonds. The van der Waals surface area contributed by atoms with Gasteiger partial charge in [0.05, 0.1) is 24.7 Å². The van der Waals surface area contributed by atoms with Crippen molar-refractivity contribution in [1.82, 2.24) is 4.58 Å². The molecule has 0 bridgehead atoms. The van der Waals surface area contributed by atoms with Crippen molar-refractivity contribution >= 4 is 34.6 Å². The molecule has 9 nitrogen and oxygen atoms in total. The molecule has 2 aromatic rings. The van der Waals surface area contributed by atoms with Crippen LogP contribution in [0.25, 0.3) is 33.4 Å². The predicted molar refractivity (Wildman–Crippen MR) is 167 cm³/mol. The number of hydrogen-bond donors (Lipinski definition) is 1. The summed E-state index contributed by atoms with van der Waals surface area (Å²) in [6.45, 7) is 8.86. The van der Waals surface area contributed by atoms with Gasteiger partial charge in [0.2, 0.25) is 5.36 Å². The molecule has 246 valence electrons. The van der Waals surface area contributed by atoms with E-state index in [4.69, 9.17) is 13.9 Å². The van der Waals surface area contributed by atoms with Crippen molar-refractivity contribution in [1.29, 1.82) is 0 Å². The highest BCUT2D eigenvalue weighted by atomic mass is 19.2.